The monoisotopic (exact) mass is 410 g/mol. The Morgan fingerprint density at radius 3 is 2.40 bits per heavy atom. The van der Waals surface area contributed by atoms with Crippen molar-refractivity contribution in [1.82, 2.24) is 4.90 Å². The molecule has 0 saturated carbocycles. The van der Waals surface area contributed by atoms with Gasteiger partial charge in [-0.3, -0.25) is 19.3 Å². The van der Waals surface area contributed by atoms with Gasteiger partial charge in [0.05, 0.1) is 31.7 Å². The second kappa shape index (κ2) is 9.43. The van der Waals surface area contributed by atoms with Gasteiger partial charge in [-0.1, -0.05) is 42.5 Å². The van der Waals surface area contributed by atoms with Crippen molar-refractivity contribution in [3.8, 4) is 5.75 Å². The van der Waals surface area contributed by atoms with Crippen molar-refractivity contribution in [3.63, 3.8) is 0 Å². The molecule has 0 aromatic heterocycles. The molecular weight excluding hydrogens is 384 g/mol. The normalized spacial score (nSPS) is 17.8. The Bertz CT molecular complexity index is 915. The quantitative estimate of drug-likeness (QED) is 0.494. The Morgan fingerprint density at radius 1 is 1.07 bits per heavy atom. The van der Waals surface area contributed by atoms with E-state index in [4.69, 9.17) is 9.47 Å². The van der Waals surface area contributed by atoms with Gasteiger partial charge in [-0.05, 0) is 24.6 Å². The minimum absolute atomic E-state index is 0.131. The largest absolute Gasteiger partial charge is 0.495 e. The van der Waals surface area contributed by atoms with Gasteiger partial charge < -0.3 is 14.4 Å². The maximum absolute atomic E-state index is 13.3. The molecule has 2 atom stereocenters. The van der Waals surface area contributed by atoms with Crippen molar-refractivity contribution in [2.24, 2.45) is 5.92 Å². The predicted octanol–water partition coefficient (Wildman–Crippen LogP) is 2.64. The fourth-order valence-corrected chi connectivity index (χ4v) is 3.69. The molecule has 7 heteroatoms. The maximum atomic E-state index is 13.3. The molecule has 3 rings (SSSR count). The number of β-lactam (4-membered cyclic amide) rings is 1. The average Bonchev–Trinajstić information content (AvgIpc) is 2.76. The number of amides is 2. The smallest absolute Gasteiger partial charge is 0.306 e. The third-order valence-corrected chi connectivity index (χ3v) is 5.14. The molecule has 7 nitrogen and oxygen atoms in total. The molecule has 0 unspecified atom stereocenters. The lowest BCUT2D eigenvalue weighted by molar-refractivity contribution is -0.152. The van der Waals surface area contributed by atoms with E-state index in [9.17, 15) is 14.4 Å². The van der Waals surface area contributed by atoms with Crippen LogP contribution < -0.4 is 9.64 Å². The first kappa shape index (κ1) is 21.4. The molecule has 30 heavy (non-hydrogen) atoms. The summed E-state index contributed by atoms with van der Waals surface area (Å²) in [7, 11) is 3.21. The third kappa shape index (κ3) is 4.30. The van der Waals surface area contributed by atoms with Crippen molar-refractivity contribution in [2.75, 3.05) is 25.7 Å². The molecule has 1 aliphatic heterocycles. The maximum Gasteiger partial charge on any atom is 0.306 e. The number of methoxy groups -OCH3 is 1. The minimum atomic E-state index is -0.799. The second-order valence-electron chi connectivity index (χ2n) is 7.12. The molecule has 0 N–H and O–H groups in total. The van der Waals surface area contributed by atoms with Gasteiger partial charge in [0.1, 0.15) is 11.8 Å². The number of likely N-dealkylation sites (N-methyl/N-ethyl adjacent to an activating group) is 1. The molecule has 1 saturated heterocycles. The zero-order chi connectivity index (χ0) is 21.7. The second-order valence-corrected chi connectivity index (χ2v) is 7.12. The molecule has 2 aromatic carbocycles. The van der Waals surface area contributed by atoms with Crippen LogP contribution in [0.15, 0.2) is 54.6 Å². The Kier molecular flexibility index (Phi) is 6.72. The topological polar surface area (TPSA) is 76.1 Å². The number of anilines is 1. The zero-order valence-corrected chi connectivity index (χ0v) is 17.4. The number of rotatable bonds is 8. The van der Waals surface area contributed by atoms with Crippen molar-refractivity contribution in [3.05, 3.63) is 60.2 Å². The highest BCUT2D eigenvalue weighted by molar-refractivity contribution is 6.13. The van der Waals surface area contributed by atoms with Crippen LogP contribution in [-0.2, 0) is 25.7 Å². The van der Waals surface area contributed by atoms with Gasteiger partial charge in [0.15, 0.2) is 0 Å². The van der Waals surface area contributed by atoms with E-state index < -0.39 is 17.9 Å². The van der Waals surface area contributed by atoms with Gasteiger partial charge >= 0.3 is 5.97 Å². The van der Waals surface area contributed by atoms with E-state index in [1.54, 1.807) is 43.1 Å². The molecule has 1 fully saturated rings. The first-order valence-corrected chi connectivity index (χ1v) is 9.88. The molecular formula is C23H26N2O5. The lowest BCUT2D eigenvalue weighted by atomic mass is 9.82. The summed E-state index contributed by atoms with van der Waals surface area (Å²) < 4.78 is 10.4. The van der Waals surface area contributed by atoms with E-state index >= 15 is 0 Å². The van der Waals surface area contributed by atoms with Crippen LogP contribution in [0.5, 0.6) is 5.75 Å². The number of nitrogens with zero attached hydrogens (tertiary/aromatic N) is 2. The molecule has 2 aromatic rings. The number of carbonyl (C=O) groups is 3. The van der Waals surface area contributed by atoms with Gasteiger partial charge in [0.25, 0.3) is 0 Å². The number of hydrogen-bond donors (Lipinski definition) is 0. The molecule has 158 valence electrons. The van der Waals surface area contributed by atoms with E-state index in [0.29, 0.717) is 18.0 Å². The first-order valence-electron chi connectivity index (χ1n) is 9.88. The van der Waals surface area contributed by atoms with Crippen LogP contribution in [0.1, 0.15) is 18.9 Å². The minimum Gasteiger partial charge on any atom is -0.495 e. The fraction of sp³-hybridized carbons (Fsp3) is 0.348. The van der Waals surface area contributed by atoms with Crippen LogP contribution >= 0.6 is 0 Å². The predicted molar refractivity (Wildman–Crippen MR) is 112 cm³/mol. The number of ether oxygens (including phenoxy) is 2. The fourth-order valence-electron chi connectivity index (χ4n) is 3.69. The van der Waals surface area contributed by atoms with Crippen molar-refractivity contribution < 1.29 is 23.9 Å². The van der Waals surface area contributed by atoms with Gasteiger partial charge in [0.2, 0.25) is 11.8 Å². The van der Waals surface area contributed by atoms with Crippen molar-refractivity contribution >= 4 is 23.5 Å². The number of benzene rings is 2. The Balaban J connectivity index is 1.87. The molecule has 0 spiro atoms. The summed E-state index contributed by atoms with van der Waals surface area (Å²) in [6, 6.07) is 15.8. The summed E-state index contributed by atoms with van der Waals surface area (Å²) in [6.07, 6.45) is -0.131. The van der Waals surface area contributed by atoms with Gasteiger partial charge in [-0.15, -0.1) is 0 Å². The summed E-state index contributed by atoms with van der Waals surface area (Å²) in [6.45, 7) is 2.33. The van der Waals surface area contributed by atoms with Crippen molar-refractivity contribution in [2.45, 2.75) is 25.9 Å². The average molecular weight is 410 g/mol. The Morgan fingerprint density at radius 2 is 1.73 bits per heavy atom. The van der Waals surface area contributed by atoms with Gasteiger partial charge in [0, 0.05) is 13.6 Å². The van der Waals surface area contributed by atoms with Crippen LogP contribution in [0, 0.1) is 5.92 Å². The molecule has 0 radical (unpaired) electrons. The molecule has 0 bridgehead atoms. The molecule has 2 amide bonds. The van der Waals surface area contributed by atoms with Crippen LogP contribution in [0.25, 0.3) is 0 Å². The number of carbonyl (C=O) groups excluding carboxylic acids is 3. The number of para-hydroxylation sites is 2. The molecule has 1 aliphatic rings. The summed E-state index contributed by atoms with van der Waals surface area (Å²) in [5.74, 6) is -1.29. The van der Waals surface area contributed by atoms with E-state index in [0.717, 1.165) is 5.56 Å². The van der Waals surface area contributed by atoms with Crippen LogP contribution in [-0.4, -0.2) is 49.5 Å². The summed E-state index contributed by atoms with van der Waals surface area (Å²) in [5, 5.41) is 0. The molecule has 1 heterocycles. The third-order valence-electron chi connectivity index (χ3n) is 5.14. The first-order chi connectivity index (χ1) is 14.5. The lowest BCUT2D eigenvalue weighted by Gasteiger charge is -2.47. The van der Waals surface area contributed by atoms with Crippen LogP contribution in [0.4, 0.5) is 5.69 Å². The number of esters is 1. The summed E-state index contributed by atoms with van der Waals surface area (Å²) in [5.41, 5.74) is 1.49. The standard InChI is InChI=1S/C23H26N2O5/c1-4-30-20(26)14-17-21(23(28)24(2)15-16-10-6-5-7-11-16)25(22(17)27)18-12-8-9-13-19(18)29-3/h5-13,17,21H,4,14-15H2,1-3H3/t17-,21-/m0/s1. The van der Waals surface area contributed by atoms with Crippen LogP contribution in [0.3, 0.4) is 0 Å². The van der Waals surface area contributed by atoms with Crippen LogP contribution in [0.2, 0.25) is 0 Å². The highest BCUT2D eigenvalue weighted by Crippen LogP contribution is 2.40. The van der Waals surface area contributed by atoms with Gasteiger partial charge in [-0.2, -0.15) is 0 Å². The Hall–Kier alpha value is -3.35. The van der Waals surface area contributed by atoms with E-state index in [1.807, 2.05) is 30.3 Å². The number of hydrogen-bond acceptors (Lipinski definition) is 5. The summed E-state index contributed by atoms with van der Waals surface area (Å²) in [4.78, 5) is 41.3. The van der Waals surface area contributed by atoms with Crippen molar-refractivity contribution in [1.29, 1.82) is 0 Å². The summed E-state index contributed by atoms with van der Waals surface area (Å²) >= 11 is 0. The van der Waals surface area contributed by atoms with E-state index in [2.05, 4.69) is 0 Å². The highest BCUT2D eigenvalue weighted by atomic mass is 16.5. The van der Waals surface area contributed by atoms with E-state index in [1.165, 1.54) is 12.0 Å². The Labute approximate surface area is 176 Å². The SMILES string of the molecule is CCOC(=O)C[C@@H]1C(=O)N(c2ccccc2OC)[C@@H]1C(=O)N(C)Cc1ccccc1. The lowest BCUT2D eigenvalue weighted by Crippen LogP contribution is -2.67. The zero-order valence-electron chi connectivity index (χ0n) is 17.4. The molecule has 0 aliphatic carbocycles. The van der Waals surface area contributed by atoms with E-state index in [-0.39, 0.29) is 24.8 Å². The van der Waals surface area contributed by atoms with Gasteiger partial charge in [-0.25, -0.2) is 0 Å². The highest BCUT2D eigenvalue weighted by Gasteiger charge is 2.54.